The van der Waals surface area contributed by atoms with Gasteiger partial charge in [0.25, 0.3) is 5.91 Å². The SMILES string of the molecule is O=C(Nc1ccc(Br)cc1)c1csc(Nc2cccc(Cl)c2)n1. The Morgan fingerprint density at radius 2 is 1.91 bits per heavy atom. The number of nitrogens with zero attached hydrogens (tertiary/aromatic N) is 1. The van der Waals surface area contributed by atoms with E-state index in [9.17, 15) is 4.79 Å². The summed E-state index contributed by atoms with van der Waals surface area (Å²) in [5.74, 6) is -0.247. The first-order chi connectivity index (χ1) is 11.1. The van der Waals surface area contributed by atoms with Crippen molar-refractivity contribution in [3.05, 3.63) is 69.1 Å². The summed E-state index contributed by atoms with van der Waals surface area (Å²) in [6, 6.07) is 14.7. The average molecular weight is 409 g/mol. The van der Waals surface area contributed by atoms with Crippen LogP contribution in [-0.4, -0.2) is 10.9 Å². The maximum Gasteiger partial charge on any atom is 0.275 e. The molecule has 2 N–H and O–H groups in total. The van der Waals surface area contributed by atoms with Crippen molar-refractivity contribution < 1.29 is 4.79 Å². The molecule has 2 aromatic carbocycles. The Hall–Kier alpha value is -1.89. The summed E-state index contributed by atoms with van der Waals surface area (Å²) in [5, 5.41) is 8.92. The molecule has 1 heterocycles. The van der Waals surface area contributed by atoms with E-state index in [0.29, 0.717) is 15.8 Å². The molecular formula is C16H11BrClN3OS. The summed E-state index contributed by atoms with van der Waals surface area (Å²) in [7, 11) is 0. The molecule has 0 fully saturated rings. The van der Waals surface area contributed by atoms with Crippen LogP contribution in [0.15, 0.2) is 58.4 Å². The minimum atomic E-state index is -0.247. The number of aromatic nitrogens is 1. The Kier molecular flexibility index (Phi) is 4.95. The van der Waals surface area contributed by atoms with Gasteiger partial charge in [0, 0.05) is 26.3 Å². The summed E-state index contributed by atoms with van der Waals surface area (Å²) >= 11 is 10.7. The quantitative estimate of drug-likeness (QED) is 0.594. The minimum Gasteiger partial charge on any atom is -0.331 e. The molecule has 0 bridgehead atoms. The molecule has 1 aromatic heterocycles. The lowest BCUT2D eigenvalue weighted by atomic mass is 10.3. The monoisotopic (exact) mass is 407 g/mol. The van der Waals surface area contributed by atoms with Gasteiger partial charge < -0.3 is 10.6 Å². The van der Waals surface area contributed by atoms with Crippen LogP contribution >= 0.6 is 38.9 Å². The molecule has 0 saturated carbocycles. The van der Waals surface area contributed by atoms with Gasteiger partial charge in [0.2, 0.25) is 0 Å². The van der Waals surface area contributed by atoms with Crippen LogP contribution in [0.5, 0.6) is 0 Å². The van der Waals surface area contributed by atoms with Gasteiger partial charge in [-0.15, -0.1) is 11.3 Å². The predicted octanol–water partition coefficient (Wildman–Crippen LogP) is 5.55. The highest BCUT2D eigenvalue weighted by atomic mass is 79.9. The highest BCUT2D eigenvalue weighted by molar-refractivity contribution is 9.10. The van der Waals surface area contributed by atoms with Crippen LogP contribution in [0.3, 0.4) is 0 Å². The molecule has 0 saturated heterocycles. The van der Waals surface area contributed by atoms with Crippen molar-refractivity contribution in [2.45, 2.75) is 0 Å². The van der Waals surface area contributed by atoms with Crippen LogP contribution in [-0.2, 0) is 0 Å². The molecule has 4 nitrogen and oxygen atoms in total. The van der Waals surface area contributed by atoms with E-state index in [1.165, 1.54) is 11.3 Å². The van der Waals surface area contributed by atoms with Gasteiger partial charge in [-0.2, -0.15) is 0 Å². The summed E-state index contributed by atoms with van der Waals surface area (Å²) in [4.78, 5) is 16.5. The third-order valence-electron chi connectivity index (χ3n) is 2.91. The molecule has 116 valence electrons. The van der Waals surface area contributed by atoms with E-state index in [-0.39, 0.29) is 5.91 Å². The third-order valence-corrected chi connectivity index (χ3v) is 4.44. The molecule has 0 aliphatic heterocycles. The van der Waals surface area contributed by atoms with Gasteiger partial charge in [0.1, 0.15) is 5.69 Å². The lowest BCUT2D eigenvalue weighted by molar-refractivity contribution is 0.102. The molecule has 0 aliphatic carbocycles. The molecule has 0 atom stereocenters. The van der Waals surface area contributed by atoms with Crippen molar-refractivity contribution in [1.82, 2.24) is 4.98 Å². The maximum absolute atomic E-state index is 12.2. The molecule has 0 unspecified atom stereocenters. The molecule has 23 heavy (non-hydrogen) atoms. The number of nitrogens with one attached hydrogen (secondary N) is 2. The van der Waals surface area contributed by atoms with Crippen molar-refractivity contribution >= 4 is 61.3 Å². The average Bonchev–Trinajstić information content (AvgIpc) is 2.98. The Morgan fingerprint density at radius 3 is 2.65 bits per heavy atom. The van der Waals surface area contributed by atoms with Gasteiger partial charge in [0.15, 0.2) is 5.13 Å². The molecule has 1 amide bonds. The van der Waals surface area contributed by atoms with E-state index < -0.39 is 0 Å². The predicted molar refractivity (Wildman–Crippen MR) is 98.9 cm³/mol. The topological polar surface area (TPSA) is 54.0 Å². The number of anilines is 3. The van der Waals surface area contributed by atoms with Gasteiger partial charge in [-0.3, -0.25) is 4.79 Å². The van der Waals surface area contributed by atoms with Crippen molar-refractivity contribution in [3.8, 4) is 0 Å². The zero-order valence-corrected chi connectivity index (χ0v) is 14.9. The van der Waals surface area contributed by atoms with Gasteiger partial charge in [-0.25, -0.2) is 4.98 Å². The fourth-order valence-electron chi connectivity index (χ4n) is 1.85. The molecule has 3 rings (SSSR count). The molecule has 0 radical (unpaired) electrons. The summed E-state index contributed by atoms with van der Waals surface area (Å²) in [5.41, 5.74) is 1.91. The number of hydrogen-bond acceptors (Lipinski definition) is 4. The number of carbonyl (C=O) groups excluding carboxylic acids is 1. The fourth-order valence-corrected chi connectivity index (χ4v) is 3.02. The van der Waals surface area contributed by atoms with Crippen LogP contribution in [0.4, 0.5) is 16.5 Å². The fraction of sp³-hybridized carbons (Fsp3) is 0. The highest BCUT2D eigenvalue weighted by Gasteiger charge is 2.11. The van der Waals surface area contributed by atoms with Crippen LogP contribution in [0.2, 0.25) is 5.02 Å². The van der Waals surface area contributed by atoms with E-state index in [4.69, 9.17) is 11.6 Å². The Balaban J connectivity index is 1.68. The van der Waals surface area contributed by atoms with Gasteiger partial charge >= 0.3 is 0 Å². The van der Waals surface area contributed by atoms with Gasteiger partial charge in [-0.05, 0) is 42.5 Å². The van der Waals surface area contributed by atoms with E-state index in [1.807, 2.05) is 36.4 Å². The second kappa shape index (κ2) is 7.12. The summed E-state index contributed by atoms with van der Waals surface area (Å²) in [6.45, 7) is 0. The van der Waals surface area contributed by atoms with Gasteiger partial charge in [0.05, 0.1) is 0 Å². The summed E-state index contributed by atoms with van der Waals surface area (Å²) < 4.78 is 0.956. The van der Waals surface area contributed by atoms with Crippen molar-refractivity contribution in [1.29, 1.82) is 0 Å². The molecule has 0 spiro atoms. The third kappa shape index (κ3) is 4.31. The number of amides is 1. The first-order valence-corrected chi connectivity index (χ1v) is 8.70. The van der Waals surface area contributed by atoms with E-state index >= 15 is 0 Å². The van der Waals surface area contributed by atoms with Crippen molar-refractivity contribution in [3.63, 3.8) is 0 Å². The minimum absolute atomic E-state index is 0.247. The van der Waals surface area contributed by atoms with E-state index in [0.717, 1.165) is 15.8 Å². The largest absolute Gasteiger partial charge is 0.331 e. The number of halogens is 2. The van der Waals surface area contributed by atoms with Crippen LogP contribution in [0, 0.1) is 0 Å². The second-order valence-electron chi connectivity index (χ2n) is 4.63. The zero-order chi connectivity index (χ0) is 16.2. The number of carbonyl (C=O) groups is 1. The smallest absolute Gasteiger partial charge is 0.275 e. The second-order valence-corrected chi connectivity index (χ2v) is 6.84. The van der Waals surface area contributed by atoms with E-state index in [1.54, 1.807) is 17.5 Å². The first kappa shape index (κ1) is 16.0. The number of benzene rings is 2. The molecule has 3 aromatic rings. The van der Waals surface area contributed by atoms with Crippen LogP contribution in [0.25, 0.3) is 0 Å². The number of rotatable bonds is 4. The Bertz CT molecular complexity index is 835. The van der Waals surface area contributed by atoms with Crippen LogP contribution in [0.1, 0.15) is 10.5 Å². The summed E-state index contributed by atoms with van der Waals surface area (Å²) in [6.07, 6.45) is 0. The van der Waals surface area contributed by atoms with Crippen molar-refractivity contribution in [2.24, 2.45) is 0 Å². The Morgan fingerprint density at radius 1 is 1.13 bits per heavy atom. The molecule has 0 aliphatic rings. The number of thiazole rings is 1. The van der Waals surface area contributed by atoms with E-state index in [2.05, 4.69) is 31.5 Å². The Labute approximate surface area is 150 Å². The normalized spacial score (nSPS) is 10.3. The highest BCUT2D eigenvalue weighted by Crippen LogP contribution is 2.23. The van der Waals surface area contributed by atoms with Crippen LogP contribution < -0.4 is 10.6 Å². The first-order valence-electron chi connectivity index (χ1n) is 6.65. The number of hydrogen-bond donors (Lipinski definition) is 2. The molecule has 7 heteroatoms. The van der Waals surface area contributed by atoms with Gasteiger partial charge in [-0.1, -0.05) is 33.6 Å². The molecular weight excluding hydrogens is 398 g/mol. The lowest BCUT2D eigenvalue weighted by Crippen LogP contribution is -2.12. The van der Waals surface area contributed by atoms with Crippen molar-refractivity contribution in [2.75, 3.05) is 10.6 Å². The lowest BCUT2D eigenvalue weighted by Gasteiger charge is -2.03. The zero-order valence-electron chi connectivity index (χ0n) is 11.7. The standard InChI is InChI=1S/C16H11BrClN3OS/c17-10-4-6-12(7-5-10)19-15(22)14-9-23-16(21-14)20-13-3-1-2-11(18)8-13/h1-9H,(H,19,22)(H,20,21). The maximum atomic E-state index is 12.2.